The summed E-state index contributed by atoms with van der Waals surface area (Å²) in [5.41, 5.74) is 0.969. The molecule has 0 N–H and O–H groups in total. The number of carbonyl (C=O) groups excluding carboxylic acids is 4. The van der Waals surface area contributed by atoms with Gasteiger partial charge in [-0.3, -0.25) is 24.0 Å². The van der Waals surface area contributed by atoms with E-state index in [4.69, 9.17) is 32.8 Å². The van der Waals surface area contributed by atoms with Crippen molar-refractivity contribution in [3.05, 3.63) is 63.4 Å². The predicted octanol–water partition coefficient (Wildman–Crippen LogP) is 3.68. The number of hydrogen-bond donors (Lipinski definition) is 0. The number of benzene rings is 2. The molecule has 2 heterocycles. The number of ether oxygens (including phenoxy) is 6. The fourth-order valence-electron chi connectivity index (χ4n) is 4.43. The molecule has 0 saturated carbocycles. The van der Waals surface area contributed by atoms with Crippen molar-refractivity contribution in [3.63, 3.8) is 0 Å². The van der Waals surface area contributed by atoms with E-state index in [1.165, 1.54) is 31.4 Å². The second-order valence-corrected chi connectivity index (χ2v) is 10.2. The van der Waals surface area contributed by atoms with E-state index in [0.717, 1.165) is 25.2 Å². The van der Waals surface area contributed by atoms with Gasteiger partial charge in [-0.15, -0.1) is 0 Å². The van der Waals surface area contributed by atoms with E-state index >= 15 is 0 Å². The van der Waals surface area contributed by atoms with Gasteiger partial charge in [0.15, 0.2) is 17.6 Å². The van der Waals surface area contributed by atoms with Gasteiger partial charge in [-0.25, -0.2) is 0 Å². The van der Waals surface area contributed by atoms with Crippen LogP contribution in [0.25, 0.3) is 22.1 Å². The number of fused-ring (bicyclic) bond motifs is 1. The lowest BCUT2D eigenvalue weighted by molar-refractivity contribution is -0.288. The zero-order chi connectivity index (χ0) is 30.6. The molecule has 1 aliphatic rings. The summed E-state index contributed by atoms with van der Waals surface area (Å²) >= 11 is 3.37. The summed E-state index contributed by atoms with van der Waals surface area (Å²) in [5.74, 6) is -2.78. The Balaban J connectivity index is 1.70. The van der Waals surface area contributed by atoms with E-state index in [9.17, 15) is 24.0 Å². The first-order valence-corrected chi connectivity index (χ1v) is 13.5. The second kappa shape index (κ2) is 13.2. The fourth-order valence-corrected chi connectivity index (χ4v) is 4.69. The molecule has 3 aromatic rings. The van der Waals surface area contributed by atoms with Crippen LogP contribution >= 0.6 is 15.9 Å². The zero-order valence-electron chi connectivity index (χ0n) is 23.0. The van der Waals surface area contributed by atoms with Crippen LogP contribution in [-0.2, 0) is 42.9 Å². The maximum absolute atomic E-state index is 13.2. The van der Waals surface area contributed by atoms with E-state index in [-0.39, 0.29) is 22.1 Å². The Labute approximate surface area is 247 Å². The summed E-state index contributed by atoms with van der Waals surface area (Å²) in [4.78, 5) is 60.7. The van der Waals surface area contributed by atoms with Crippen LogP contribution < -0.4 is 10.2 Å². The summed E-state index contributed by atoms with van der Waals surface area (Å²) < 4.78 is 39.8. The van der Waals surface area contributed by atoms with E-state index in [1.807, 2.05) is 12.1 Å². The minimum Gasteiger partial charge on any atom is -0.463 e. The third-order valence-corrected chi connectivity index (χ3v) is 6.63. The molecule has 0 spiro atoms. The largest absolute Gasteiger partial charge is 0.463 e. The van der Waals surface area contributed by atoms with Gasteiger partial charge in [0, 0.05) is 38.2 Å². The lowest BCUT2D eigenvalue weighted by atomic mass is 9.98. The highest BCUT2D eigenvalue weighted by molar-refractivity contribution is 9.10. The van der Waals surface area contributed by atoms with Crippen LogP contribution in [0.1, 0.15) is 27.7 Å². The van der Waals surface area contributed by atoms with E-state index in [2.05, 4.69) is 15.9 Å². The van der Waals surface area contributed by atoms with Gasteiger partial charge in [0.2, 0.25) is 12.4 Å². The van der Waals surface area contributed by atoms with Crippen molar-refractivity contribution in [2.45, 2.75) is 58.4 Å². The van der Waals surface area contributed by atoms with Gasteiger partial charge in [0.05, 0.1) is 10.9 Å². The summed E-state index contributed by atoms with van der Waals surface area (Å²) in [5, 5.41) is 0.282. The molecule has 42 heavy (non-hydrogen) atoms. The smallest absolute Gasteiger partial charge is 0.303 e. The Bertz CT molecular complexity index is 1550. The molecule has 222 valence electrons. The molecule has 0 aliphatic carbocycles. The maximum atomic E-state index is 13.2. The quantitative estimate of drug-likeness (QED) is 0.259. The van der Waals surface area contributed by atoms with Gasteiger partial charge in [0.25, 0.3) is 0 Å². The van der Waals surface area contributed by atoms with Crippen LogP contribution in [0.4, 0.5) is 0 Å². The number of hydrogen-bond acceptors (Lipinski definition) is 12. The maximum Gasteiger partial charge on any atom is 0.303 e. The first-order valence-electron chi connectivity index (χ1n) is 12.7. The molecule has 0 radical (unpaired) electrons. The molecule has 4 rings (SSSR count). The van der Waals surface area contributed by atoms with Crippen molar-refractivity contribution in [1.82, 2.24) is 0 Å². The van der Waals surface area contributed by atoms with Crippen molar-refractivity contribution in [1.29, 1.82) is 0 Å². The molecule has 2 aromatic carbocycles. The molecule has 1 aromatic heterocycles. The van der Waals surface area contributed by atoms with Gasteiger partial charge in [-0.2, -0.15) is 0 Å². The van der Waals surface area contributed by atoms with E-state index in [1.54, 1.807) is 12.1 Å². The third-order valence-electron chi connectivity index (χ3n) is 6.10. The number of rotatable bonds is 8. The monoisotopic (exact) mass is 646 g/mol. The zero-order valence-corrected chi connectivity index (χ0v) is 24.6. The number of carbonyl (C=O) groups is 4. The Hall–Kier alpha value is -4.23. The van der Waals surface area contributed by atoms with Crippen LogP contribution in [0.15, 0.2) is 62.4 Å². The van der Waals surface area contributed by atoms with Gasteiger partial charge in [-0.1, -0.05) is 28.1 Å². The number of halogens is 1. The molecule has 12 nitrogen and oxygen atoms in total. The molecule has 0 amide bonds. The van der Waals surface area contributed by atoms with Crippen molar-refractivity contribution in [2.24, 2.45) is 0 Å². The van der Waals surface area contributed by atoms with Gasteiger partial charge in [0.1, 0.15) is 30.3 Å². The summed E-state index contributed by atoms with van der Waals surface area (Å²) in [6, 6.07) is 11.6. The standard InChI is InChI=1S/C29H27BrO12/c1-14(31)36-13-24-26(38-15(2)32)27(39-16(3)33)28(40-17(4)34)29(42-24)41-20-9-10-21-23(11-20)37-12-22(25(21)35)18-5-7-19(30)8-6-18/h5-12,24,26-29H,13H2,1-4H3/t24-,26-,27+,28+,29-/m1/s1. The molecule has 5 atom stereocenters. The van der Waals surface area contributed by atoms with Gasteiger partial charge >= 0.3 is 23.9 Å². The Morgan fingerprint density at radius 2 is 1.43 bits per heavy atom. The SMILES string of the molecule is CC(=O)OC[C@H]1O[C@@H](Oc2ccc3c(=O)c(-c4ccc(Br)cc4)coc3c2)[C@@H](OC(C)=O)[C@@H](OC(C)=O)[C@@H]1OC(C)=O. The Morgan fingerprint density at radius 3 is 2.05 bits per heavy atom. The minimum absolute atomic E-state index is 0.142. The second-order valence-electron chi connectivity index (χ2n) is 9.33. The summed E-state index contributed by atoms with van der Waals surface area (Å²) in [6.07, 6.45) is -5.39. The van der Waals surface area contributed by atoms with Crippen LogP contribution in [0, 0.1) is 0 Å². The summed E-state index contributed by atoms with van der Waals surface area (Å²) in [6.45, 7) is 4.15. The molecule has 1 saturated heterocycles. The topological polar surface area (TPSA) is 154 Å². The van der Waals surface area contributed by atoms with E-state index in [0.29, 0.717) is 11.1 Å². The highest BCUT2D eigenvalue weighted by atomic mass is 79.9. The lowest BCUT2D eigenvalue weighted by Gasteiger charge is -2.43. The van der Waals surface area contributed by atoms with Crippen LogP contribution in [0.5, 0.6) is 5.75 Å². The highest BCUT2D eigenvalue weighted by Gasteiger charge is 2.53. The van der Waals surface area contributed by atoms with Crippen LogP contribution in [0.2, 0.25) is 0 Å². The van der Waals surface area contributed by atoms with Crippen molar-refractivity contribution < 1.29 is 52.0 Å². The fraction of sp³-hybridized carbons (Fsp3) is 0.345. The molecular formula is C29H27BrO12. The first-order chi connectivity index (χ1) is 19.9. The van der Waals surface area contributed by atoms with Gasteiger partial charge < -0.3 is 32.8 Å². The predicted molar refractivity (Wildman–Crippen MR) is 148 cm³/mol. The van der Waals surface area contributed by atoms with Crippen LogP contribution in [0.3, 0.4) is 0 Å². The van der Waals surface area contributed by atoms with Crippen molar-refractivity contribution >= 4 is 50.8 Å². The van der Waals surface area contributed by atoms with Crippen LogP contribution in [-0.4, -0.2) is 61.2 Å². The number of esters is 4. The normalized spacial score (nSPS) is 21.7. The minimum atomic E-state index is -1.43. The average molecular weight is 647 g/mol. The first kappa shape index (κ1) is 30.7. The molecule has 13 heteroatoms. The highest BCUT2D eigenvalue weighted by Crippen LogP contribution is 2.32. The summed E-state index contributed by atoms with van der Waals surface area (Å²) in [7, 11) is 0. The molecular weight excluding hydrogens is 620 g/mol. The van der Waals surface area contributed by atoms with Crippen molar-refractivity contribution in [2.75, 3.05) is 6.61 Å². The molecule has 0 unspecified atom stereocenters. The molecule has 0 bridgehead atoms. The lowest BCUT2D eigenvalue weighted by Crippen LogP contribution is -2.63. The van der Waals surface area contributed by atoms with Crippen molar-refractivity contribution in [3.8, 4) is 16.9 Å². The molecule has 1 fully saturated rings. The average Bonchev–Trinajstić information content (AvgIpc) is 2.91. The third kappa shape index (κ3) is 7.34. The molecule has 1 aliphatic heterocycles. The van der Waals surface area contributed by atoms with E-state index < -0.39 is 61.2 Å². The Morgan fingerprint density at radius 1 is 0.810 bits per heavy atom. The Kier molecular flexibility index (Phi) is 9.63. The van der Waals surface area contributed by atoms with Gasteiger partial charge in [-0.05, 0) is 29.8 Å².